The fourth-order valence-electron chi connectivity index (χ4n) is 1.63. The largest absolute Gasteiger partial charge is 0.494 e. The molecule has 0 radical (unpaired) electrons. The lowest BCUT2D eigenvalue weighted by atomic mass is 10.0. The van der Waals surface area contributed by atoms with Gasteiger partial charge in [-0.2, -0.15) is 0 Å². The van der Waals surface area contributed by atoms with Gasteiger partial charge < -0.3 is 18.9 Å². The first-order valence-electron chi connectivity index (χ1n) is 5.92. The van der Waals surface area contributed by atoms with Gasteiger partial charge in [-0.05, 0) is 20.8 Å². The van der Waals surface area contributed by atoms with Crippen LogP contribution in [0, 0.1) is 0 Å². The normalized spacial score (nSPS) is 17.9. The number of ketones is 1. The molecule has 0 N–H and O–H groups in total. The number of Topliss-reactive ketones (excluding diaryl/α,β-unsaturated/α-hetero) is 1. The molecule has 1 rings (SSSR count). The maximum atomic E-state index is 12.2. The molecule has 0 fully saturated rings. The summed E-state index contributed by atoms with van der Waals surface area (Å²) in [4.78, 5) is 23.8. The van der Waals surface area contributed by atoms with Crippen LogP contribution in [-0.4, -0.2) is 44.0 Å². The van der Waals surface area contributed by atoms with E-state index >= 15 is 0 Å². The average Bonchev–Trinajstić information content (AvgIpc) is 2.33. The van der Waals surface area contributed by atoms with Gasteiger partial charge in [-0.1, -0.05) is 0 Å². The second kappa shape index (κ2) is 6.51. The van der Waals surface area contributed by atoms with Crippen LogP contribution >= 0.6 is 0 Å². The number of hydrogen-bond acceptors (Lipinski definition) is 6. The highest BCUT2D eigenvalue weighted by Gasteiger charge is 2.47. The minimum absolute atomic E-state index is 0.0730. The van der Waals surface area contributed by atoms with Crippen molar-refractivity contribution in [3.05, 3.63) is 11.8 Å². The Morgan fingerprint density at radius 1 is 1.28 bits per heavy atom. The second-order valence-corrected chi connectivity index (χ2v) is 3.51. The molecule has 18 heavy (non-hydrogen) atoms. The van der Waals surface area contributed by atoms with Crippen molar-refractivity contribution in [3.8, 4) is 0 Å². The molecule has 0 saturated heterocycles. The van der Waals surface area contributed by atoms with Crippen LogP contribution in [0.1, 0.15) is 20.8 Å². The molecule has 0 spiro atoms. The highest BCUT2D eigenvalue weighted by molar-refractivity contribution is 6.20. The molecule has 1 aliphatic heterocycles. The van der Waals surface area contributed by atoms with E-state index in [1.54, 1.807) is 20.8 Å². The SMILES string of the molecule is CCOC(=O)C1=COCC(OCC)(OCC)C1=O. The Balaban J connectivity index is 2.95. The Bertz CT molecular complexity index is 340. The van der Waals surface area contributed by atoms with Crippen LogP contribution in [0.15, 0.2) is 11.8 Å². The Hall–Kier alpha value is -1.40. The first-order valence-corrected chi connectivity index (χ1v) is 5.92. The zero-order valence-corrected chi connectivity index (χ0v) is 10.9. The van der Waals surface area contributed by atoms with E-state index in [1.165, 1.54) is 0 Å². The molecule has 0 amide bonds. The van der Waals surface area contributed by atoms with E-state index in [-0.39, 0.29) is 32.0 Å². The molecule has 0 aromatic carbocycles. The molecule has 1 aliphatic rings. The Labute approximate surface area is 106 Å². The van der Waals surface area contributed by atoms with Gasteiger partial charge >= 0.3 is 5.97 Å². The van der Waals surface area contributed by atoms with Gasteiger partial charge in [0.1, 0.15) is 18.4 Å². The van der Waals surface area contributed by atoms with E-state index in [9.17, 15) is 9.59 Å². The van der Waals surface area contributed by atoms with Crippen molar-refractivity contribution in [2.24, 2.45) is 0 Å². The molecule has 0 saturated carbocycles. The number of carbonyl (C=O) groups is 2. The molecule has 0 aromatic heterocycles. The number of esters is 1. The quantitative estimate of drug-likeness (QED) is 0.399. The molecule has 0 atom stereocenters. The molecule has 6 nitrogen and oxygen atoms in total. The summed E-state index contributed by atoms with van der Waals surface area (Å²) in [7, 11) is 0. The third-order valence-corrected chi connectivity index (χ3v) is 2.32. The van der Waals surface area contributed by atoms with E-state index in [0.29, 0.717) is 0 Å². The van der Waals surface area contributed by atoms with Crippen LogP contribution in [0.5, 0.6) is 0 Å². The van der Waals surface area contributed by atoms with Crippen LogP contribution in [0.3, 0.4) is 0 Å². The minimum atomic E-state index is -1.54. The summed E-state index contributed by atoms with van der Waals surface area (Å²) in [5, 5.41) is 0. The van der Waals surface area contributed by atoms with Crippen molar-refractivity contribution in [2.75, 3.05) is 26.4 Å². The fourth-order valence-corrected chi connectivity index (χ4v) is 1.63. The van der Waals surface area contributed by atoms with Gasteiger partial charge in [-0.3, -0.25) is 4.79 Å². The lowest BCUT2D eigenvalue weighted by molar-refractivity contribution is -0.241. The predicted molar refractivity (Wildman–Crippen MR) is 61.7 cm³/mol. The Kier molecular flexibility index (Phi) is 5.30. The topological polar surface area (TPSA) is 71.1 Å². The van der Waals surface area contributed by atoms with Crippen molar-refractivity contribution in [1.29, 1.82) is 0 Å². The molecular formula is C12H18O6. The number of ether oxygens (including phenoxy) is 4. The standard InChI is InChI=1S/C12H18O6/c1-4-16-11(14)9-7-15-8-12(10(9)13,17-5-2)18-6-3/h7H,4-6,8H2,1-3H3. The second-order valence-electron chi connectivity index (χ2n) is 3.51. The first-order chi connectivity index (χ1) is 8.61. The fraction of sp³-hybridized carbons (Fsp3) is 0.667. The van der Waals surface area contributed by atoms with Crippen molar-refractivity contribution in [2.45, 2.75) is 26.6 Å². The molecule has 6 heteroatoms. The third-order valence-electron chi connectivity index (χ3n) is 2.32. The van der Waals surface area contributed by atoms with Crippen LogP contribution in [-0.2, 0) is 28.5 Å². The lowest BCUT2D eigenvalue weighted by Gasteiger charge is -2.33. The predicted octanol–water partition coefficient (Wildman–Crippen LogP) is 0.802. The smallest absolute Gasteiger partial charge is 0.345 e. The third kappa shape index (κ3) is 2.88. The summed E-state index contributed by atoms with van der Waals surface area (Å²) < 4.78 is 20.6. The number of carbonyl (C=O) groups excluding carboxylic acids is 2. The van der Waals surface area contributed by atoms with Crippen LogP contribution in [0.25, 0.3) is 0 Å². The highest BCUT2D eigenvalue weighted by Crippen LogP contribution is 2.25. The summed E-state index contributed by atoms with van der Waals surface area (Å²) in [6.07, 6.45) is 1.09. The number of rotatable bonds is 6. The zero-order valence-electron chi connectivity index (χ0n) is 10.9. The highest BCUT2D eigenvalue weighted by atomic mass is 16.7. The monoisotopic (exact) mass is 258 g/mol. The van der Waals surface area contributed by atoms with E-state index < -0.39 is 17.5 Å². The van der Waals surface area contributed by atoms with Gasteiger partial charge in [0.25, 0.3) is 5.79 Å². The molecule has 0 bridgehead atoms. The van der Waals surface area contributed by atoms with Crippen molar-refractivity contribution in [3.63, 3.8) is 0 Å². The van der Waals surface area contributed by atoms with Crippen LogP contribution < -0.4 is 0 Å². The summed E-state index contributed by atoms with van der Waals surface area (Å²) in [5.41, 5.74) is -0.190. The summed E-state index contributed by atoms with van der Waals surface area (Å²) >= 11 is 0. The first kappa shape index (κ1) is 14.7. The minimum Gasteiger partial charge on any atom is -0.494 e. The summed E-state index contributed by atoms with van der Waals surface area (Å²) in [5.74, 6) is -2.83. The molecular weight excluding hydrogens is 240 g/mol. The van der Waals surface area contributed by atoms with Gasteiger partial charge in [-0.25, -0.2) is 4.79 Å². The van der Waals surface area contributed by atoms with Crippen LogP contribution in [0.2, 0.25) is 0 Å². The maximum absolute atomic E-state index is 12.2. The van der Waals surface area contributed by atoms with Gasteiger partial charge in [-0.15, -0.1) is 0 Å². The Morgan fingerprint density at radius 3 is 2.39 bits per heavy atom. The molecule has 0 aliphatic carbocycles. The van der Waals surface area contributed by atoms with E-state index in [0.717, 1.165) is 6.26 Å². The van der Waals surface area contributed by atoms with E-state index in [2.05, 4.69) is 0 Å². The maximum Gasteiger partial charge on any atom is 0.345 e. The zero-order chi connectivity index (χ0) is 13.6. The van der Waals surface area contributed by atoms with Crippen molar-refractivity contribution in [1.82, 2.24) is 0 Å². The molecule has 102 valence electrons. The average molecular weight is 258 g/mol. The van der Waals surface area contributed by atoms with Crippen molar-refractivity contribution < 1.29 is 28.5 Å². The van der Waals surface area contributed by atoms with Gasteiger partial charge in [0, 0.05) is 13.2 Å². The van der Waals surface area contributed by atoms with Crippen LogP contribution in [0.4, 0.5) is 0 Å². The summed E-state index contributed by atoms with van der Waals surface area (Å²) in [6, 6.07) is 0. The summed E-state index contributed by atoms with van der Waals surface area (Å²) in [6.45, 7) is 5.77. The van der Waals surface area contributed by atoms with E-state index in [1.807, 2.05) is 0 Å². The van der Waals surface area contributed by atoms with Crippen molar-refractivity contribution >= 4 is 11.8 Å². The van der Waals surface area contributed by atoms with Gasteiger partial charge in [0.05, 0.1) is 6.61 Å². The van der Waals surface area contributed by atoms with Gasteiger partial charge in [0.2, 0.25) is 5.78 Å². The Morgan fingerprint density at radius 2 is 1.89 bits per heavy atom. The van der Waals surface area contributed by atoms with E-state index in [4.69, 9.17) is 18.9 Å². The molecule has 0 aromatic rings. The lowest BCUT2D eigenvalue weighted by Crippen LogP contribution is -2.52. The number of hydrogen-bond donors (Lipinski definition) is 0. The molecule has 1 heterocycles. The molecule has 0 unspecified atom stereocenters. The van der Waals surface area contributed by atoms with Gasteiger partial charge in [0.15, 0.2) is 0 Å².